The largest absolute Gasteiger partial charge is 0.441 e. The van der Waals surface area contributed by atoms with E-state index < -0.39 is 0 Å². The van der Waals surface area contributed by atoms with Crippen molar-refractivity contribution >= 4 is 22.9 Å². The first-order valence-electron chi connectivity index (χ1n) is 10.2. The van der Waals surface area contributed by atoms with Crippen LogP contribution in [0.2, 0.25) is 0 Å². The fourth-order valence-electron chi connectivity index (χ4n) is 3.87. The number of carbonyl (C=O) groups is 1. The van der Waals surface area contributed by atoms with Gasteiger partial charge in [-0.05, 0) is 37.6 Å². The Labute approximate surface area is 174 Å². The zero-order valence-electron chi connectivity index (χ0n) is 16.8. The van der Waals surface area contributed by atoms with Crippen LogP contribution in [-0.2, 0) is 0 Å². The van der Waals surface area contributed by atoms with Gasteiger partial charge in [-0.15, -0.1) is 0 Å². The molecule has 1 saturated heterocycles. The molecular formula is C23H23N5O2. The van der Waals surface area contributed by atoms with Gasteiger partial charge in [-0.2, -0.15) is 0 Å². The molecule has 1 N–H and O–H groups in total. The van der Waals surface area contributed by atoms with Crippen molar-refractivity contribution in [2.24, 2.45) is 0 Å². The molecule has 0 unspecified atom stereocenters. The van der Waals surface area contributed by atoms with E-state index in [9.17, 15) is 4.79 Å². The molecule has 5 rings (SSSR count). The van der Waals surface area contributed by atoms with E-state index in [1.807, 2.05) is 59.5 Å². The number of benzene rings is 2. The number of nitrogens with one attached hydrogen (secondary N) is 1. The molecule has 7 nitrogen and oxygen atoms in total. The van der Waals surface area contributed by atoms with Crippen LogP contribution in [0.4, 0.5) is 5.95 Å². The minimum atomic E-state index is -0.0788. The third-order valence-corrected chi connectivity index (χ3v) is 5.48. The predicted octanol–water partition coefficient (Wildman–Crippen LogP) is 3.88. The fourth-order valence-corrected chi connectivity index (χ4v) is 3.87. The summed E-state index contributed by atoms with van der Waals surface area (Å²) in [4.78, 5) is 29.8. The van der Waals surface area contributed by atoms with Gasteiger partial charge in [0.1, 0.15) is 5.76 Å². The fraction of sp³-hybridized carbons (Fsp3) is 0.261. The third kappa shape index (κ3) is 3.43. The molecule has 0 bridgehead atoms. The van der Waals surface area contributed by atoms with Crippen LogP contribution in [0, 0.1) is 6.92 Å². The smallest absolute Gasteiger partial charge is 0.276 e. The molecule has 1 fully saturated rings. The number of hydrogen-bond donors (Lipinski definition) is 1. The van der Waals surface area contributed by atoms with Gasteiger partial charge in [0.2, 0.25) is 11.8 Å². The Balaban J connectivity index is 1.32. The Morgan fingerprint density at radius 2 is 1.77 bits per heavy atom. The SMILES string of the molecule is Cc1oc(-c2ccccc2)nc1C(=O)N1CCCN(c2nc3ccccc3[nH]2)CC1. The lowest BCUT2D eigenvalue weighted by molar-refractivity contribution is 0.0760. The second-order valence-electron chi connectivity index (χ2n) is 7.50. The molecule has 0 spiro atoms. The molecule has 4 aromatic rings. The standard InChI is InChI=1S/C23H23N5O2/c1-16-20(26-21(30-16)17-8-3-2-4-9-17)22(29)27-12-7-13-28(15-14-27)23-24-18-10-5-6-11-19(18)25-23/h2-6,8-11H,7,12-15H2,1H3,(H,24,25). The number of aromatic amines is 1. The zero-order chi connectivity index (χ0) is 20.5. The van der Waals surface area contributed by atoms with Gasteiger partial charge in [0, 0.05) is 31.7 Å². The number of aromatic nitrogens is 3. The molecule has 2 aromatic heterocycles. The number of hydrogen-bond acceptors (Lipinski definition) is 5. The molecule has 0 aliphatic carbocycles. The van der Waals surface area contributed by atoms with Gasteiger partial charge < -0.3 is 19.2 Å². The summed E-state index contributed by atoms with van der Waals surface area (Å²) < 4.78 is 5.78. The van der Waals surface area contributed by atoms with Crippen molar-refractivity contribution in [2.45, 2.75) is 13.3 Å². The summed E-state index contributed by atoms with van der Waals surface area (Å²) in [6, 6.07) is 17.7. The topological polar surface area (TPSA) is 78.3 Å². The molecular weight excluding hydrogens is 378 g/mol. The van der Waals surface area contributed by atoms with Crippen LogP contribution in [-0.4, -0.2) is 51.9 Å². The Hall–Kier alpha value is -3.61. The van der Waals surface area contributed by atoms with Gasteiger partial charge in [0.25, 0.3) is 5.91 Å². The number of amides is 1. The highest BCUT2D eigenvalue weighted by molar-refractivity contribution is 5.93. The van der Waals surface area contributed by atoms with E-state index in [2.05, 4.69) is 14.9 Å². The van der Waals surface area contributed by atoms with E-state index in [1.54, 1.807) is 6.92 Å². The molecule has 0 saturated carbocycles. The van der Waals surface area contributed by atoms with Gasteiger partial charge in [-0.1, -0.05) is 30.3 Å². The van der Waals surface area contributed by atoms with Crippen molar-refractivity contribution in [1.29, 1.82) is 0 Å². The van der Waals surface area contributed by atoms with E-state index >= 15 is 0 Å². The van der Waals surface area contributed by atoms with Crippen LogP contribution < -0.4 is 4.90 Å². The highest BCUT2D eigenvalue weighted by Crippen LogP contribution is 2.23. The molecule has 3 heterocycles. The van der Waals surface area contributed by atoms with Gasteiger partial charge in [-0.25, -0.2) is 9.97 Å². The molecule has 7 heteroatoms. The Morgan fingerprint density at radius 1 is 0.967 bits per heavy atom. The summed E-state index contributed by atoms with van der Waals surface area (Å²) in [5.74, 6) is 1.81. The minimum absolute atomic E-state index is 0.0788. The monoisotopic (exact) mass is 401 g/mol. The number of rotatable bonds is 3. The highest BCUT2D eigenvalue weighted by Gasteiger charge is 2.26. The molecule has 2 aromatic carbocycles. The number of oxazole rings is 1. The zero-order valence-corrected chi connectivity index (χ0v) is 16.8. The average molecular weight is 401 g/mol. The van der Waals surface area contributed by atoms with Gasteiger partial charge in [-0.3, -0.25) is 4.79 Å². The van der Waals surface area contributed by atoms with Crippen LogP contribution in [0.5, 0.6) is 0 Å². The lowest BCUT2D eigenvalue weighted by atomic mass is 10.2. The quantitative estimate of drug-likeness (QED) is 0.564. The van der Waals surface area contributed by atoms with Crippen LogP contribution in [0.15, 0.2) is 59.0 Å². The van der Waals surface area contributed by atoms with Crippen LogP contribution in [0.25, 0.3) is 22.5 Å². The van der Waals surface area contributed by atoms with E-state index in [-0.39, 0.29) is 5.91 Å². The first kappa shape index (κ1) is 18.4. The predicted molar refractivity (Wildman–Crippen MR) is 116 cm³/mol. The Kier molecular flexibility index (Phi) is 4.71. The average Bonchev–Trinajstić information content (AvgIpc) is 3.29. The number of fused-ring (bicyclic) bond motifs is 1. The molecule has 30 heavy (non-hydrogen) atoms. The highest BCUT2D eigenvalue weighted by atomic mass is 16.4. The maximum Gasteiger partial charge on any atom is 0.276 e. The second-order valence-corrected chi connectivity index (χ2v) is 7.50. The maximum atomic E-state index is 13.2. The lowest BCUT2D eigenvalue weighted by Gasteiger charge is -2.21. The third-order valence-electron chi connectivity index (χ3n) is 5.48. The van der Waals surface area contributed by atoms with Gasteiger partial charge in [0.15, 0.2) is 5.69 Å². The Morgan fingerprint density at radius 3 is 2.60 bits per heavy atom. The first-order chi connectivity index (χ1) is 14.7. The number of para-hydroxylation sites is 2. The lowest BCUT2D eigenvalue weighted by Crippen LogP contribution is -2.36. The van der Waals surface area contributed by atoms with E-state index in [0.29, 0.717) is 37.0 Å². The van der Waals surface area contributed by atoms with Crippen molar-refractivity contribution < 1.29 is 9.21 Å². The van der Waals surface area contributed by atoms with E-state index in [0.717, 1.165) is 35.5 Å². The number of aryl methyl sites for hydroxylation is 1. The summed E-state index contributed by atoms with van der Waals surface area (Å²) in [5, 5.41) is 0. The molecule has 1 amide bonds. The summed E-state index contributed by atoms with van der Waals surface area (Å²) in [5.41, 5.74) is 3.24. The minimum Gasteiger partial charge on any atom is -0.441 e. The molecule has 1 aliphatic heterocycles. The van der Waals surface area contributed by atoms with Gasteiger partial charge >= 0.3 is 0 Å². The van der Waals surface area contributed by atoms with Gasteiger partial charge in [0.05, 0.1) is 11.0 Å². The van der Waals surface area contributed by atoms with Crippen molar-refractivity contribution in [2.75, 3.05) is 31.1 Å². The molecule has 152 valence electrons. The first-order valence-corrected chi connectivity index (χ1v) is 10.2. The number of imidazole rings is 1. The number of H-pyrrole nitrogens is 1. The van der Waals surface area contributed by atoms with E-state index in [4.69, 9.17) is 9.40 Å². The number of carbonyl (C=O) groups excluding carboxylic acids is 1. The van der Waals surface area contributed by atoms with Crippen molar-refractivity contribution in [3.63, 3.8) is 0 Å². The summed E-state index contributed by atoms with van der Waals surface area (Å²) >= 11 is 0. The molecule has 0 atom stereocenters. The molecule has 0 radical (unpaired) electrons. The van der Waals surface area contributed by atoms with Crippen molar-refractivity contribution in [3.8, 4) is 11.5 Å². The van der Waals surface area contributed by atoms with Crippen molar-refractivity contribution in [3.05, 3.63) is 66.1 Å². The van der Waals surface area contributed by atoms with Crippen LogP contribution in [0.1, 0.15) is 22.7 Å². The summed E-state index contributed by atoms with van der Waals surface area (Å²) in [7, 11) is 0. The van der Waals surface area contributed by atoms with Crippen molar-refractivity contribution in [1.82, 2.24) is 19.9 Å². The normalized spacial score (nSPS) is 14.8. The molecule has 1 aliphatic rings. The summed E-state index contributed by atoms with van der Waals surface area (Å²) in [6.07, 6.45) is 0.866. The van der Waals surface area contributed by atoms with Crippen LogP contribution >= 0.6 is 0 Å². The number of anilines is 1. The summed E-state index contributed by atoms with van der Waals surface area (Å²) in [6.45, 7) is 4.65. The van der Waals surface area contributed by atoms with E-state index in [1.165, 1.54) is 0 Å². The Bertz CT molecular complexity index is 1150. The second kappa shape index (κ2) is 7.67. The van der Waals surface area contributed by atoms with Crippen LogP contribution in [0.3, 0.4) is 0 Å². The maximum absolute atomic E-state index is 13.2. The number of nitrogens with zero attached hydrogens (tertiary/aromatic N) is 4.